The van der Waals surface area contributed by atoms with Gasteiger partial charge in [0.15, 0.2) is 0 Å². The lowest BCUT2D eigenvalue weighted by atomic mass is 10.2. The number of rotatable bonds is 3. The van der Waals surface area contributed by atoms with E-state index in [1.165, 1.54) is 6.07 Å². The van der Waals surface area contributed by atoms with Crippen molar-refractivity contribution in [1.29, 1.82) is 0 Å². The number of halogens is 1. The number of fused-ring (bicyclic) bond motifs is 1. The molecule has 3 rings (SSSR count). The zero-order chi connectivity index (χ0) is 15.0. The number of hydrogen-bond donors (Lipinski definition) is 1. The van der Waals surface area contributed by atoms with Gasteiger partial charge < -0.3 is 9.84 Å². The van der Waals surface area contributed by atoms with Crippen molar-refractivity contribution in [2.75, 3.05) is 7.11 Å². The number of methoxy groups -OCH3 is 1. The highest BCUT2D eigenvalue weighted by Gasteiger charge is 2.15. The average Bonchev–Trinajstić information content (AvgIpc) is 2.90. The third kappa shape index (κ3) is 2.25. The zero-order valence-electron chi connectivity index (χ0n) is 10.9. The summed E-state index contributed by atoms with van der Waals surface area (Å²) in [4.78, 5) is 11.2. The molecule has 0 atom stereocenters. The summed E-state index contributed by atoms with van der Waals surface area (Å²) >= 11 is 3.41. The summed E-state index contributed by atoms with van der Waals surface area (Å²) < 4.78 is 7.55. The second kappa shape index (κ2) is 5.17. The lowest BCUT2D eigenvalue weighted by molar-refractivity contribution is 0.0699. The molecule has 0 bridgehead atoms. The molecule has 0 radical (unpaired) electrons. The number of carboxylic acids is 1. The molecule has 1 N–H and O–H groups in total. The topological polar surface area (TPSA) is 77.2 Å². The molecule has 0 spiro atoms. The van der Waals surface area contributed by atoms with Crippen LogP contribution in [0.15, 0.2) is 40.9 Å². The molecule has 0 amide bonds. The predicted octanol–water partition coefficient (Wildman–Crippen LogP) is 2.89. The van der Waals surface area contributed by atoms with Crippen molar-refractivity contribution in [3.63, 3.8) is 0 Å². The molecule has 1 heterocycles. The Kier molecular flexibility index (Phi) is 3.34. The van der Waals surface area contributed by atoms with Gasteiger partial charge in [0.1, 0.15) is 11.3 Å². The maximum Gasteiger partial charge on any atom is 0.338 e. The largest absolute Gasteiger partial charge is 0.496 e. The first-order chi connectivity index (χ1) is 10.1. The highest BCUT2D eigenvalue weighted by atomic mass is 79.9. The minimum atomic E-state index is -1.02. The molecule has 0 saturated heterocycles. The van der Waals surface area contributed by atoms with Gasteiger partial charge in [-0.25, -0.2) is 9.48 Å². The Bertz CT molecular complexity index is 845. The lowest BCUT2D eigenvalue weighted by Crippen LogP contribution is -1.99. The van der Waals surface area contributed by atoms with Crippen LogP contribution in [-0.4, -0.2) is 33.2 Å². The summed E-state index contributed by atoms with van der Waals surface area (Å²) in [6.45, 7) is 0. The fourth-order valence-electron chi connectivity index (χ4n) is 2.10. The maximum absolute atomic E-state index is 11.2. The van der Waals surface area contributed by atoms with E-state index in [2.05, 4.69) is 26.2 Å². The van der Waals surface area contributed by atoms with Crippen molar-refractivity contribution in [1.82, 2.24) is 15.0 Å². The highest BCUT2D eigenvalue weighted by Crippen LogP contribution is 2.28. The number of ether oxygens (including phenoxy) is 1. The van der Waals surface area contributed by atoms with Crippen molar-refractivity contribution in [2.45, 2.75) is 0 Å². The van der Waals surface area contributed by atoms with Gasteiger partial charge in [-0.05, 0) is 46.3 Å². The quantitative estimate of drug-likeness (QED) is 0.788. The summed E-state index contributed by atoms with van der Waals surface area (Å²) in [5.74, 6) is -0.321. The van der Waals surface area contributed by atoms with Crippen LogP contribution in [0.3, 0.4) is 0 Å². The molecule has 21 heavy (non-hydrogen) atoms. The van der Waals surface area contributed by atoms with E-state index in [4.69, 9.17) is 4.74 Å². The fraction of sp³-hybridized carbons (Fsp3) is 0.0714. The van der Waals surface area contributed by atoms with Crippen molar-refractivity contribution in [3.8, 4) is 11.4 Å². The van der Waals surface area contributed by atoms with Gasteiger partial charge in [-0.2, -0.15) is 0 Å². The van der Waals surface area contributed by atoms with Gasteiger partial charge in [0.25, 0.3) is 0 Å². The Morgan fingerprint density at radius 2 is 2.14 bits per heavy atom. The van der Waals surface area contributed by atoms with Crippen LogP contribution in [0.4, 0.5) is 0 Å². The minimum Gasteiger partial charge on any atom is -0.496 e. The van der Waals surface area contributed by atoms with E-state index >= 15 is 0 Å². The van der Waals surface area contributed by atoms with Crippen molar-refractivity contribution in [3.05, 3.63) is 46.4 Å². The fourth-order valence-corrected chi connectivity index (χ4v) is 2.62. The molecule has 3 aromatic rings. The van der Waals surface area contributed by atoms with Crippen LogP contribution in [0.25, 0.3) is 16.7 Å². The number of hydrogen-bond acceptors (Lipinski definition) is 4. The van der Waals surface area contributed by atoms with Crippen molar-refractivity contribution in [2.24, 2.45) is 0 Å². The summed E-state index contributed by atoms with van der Waals surface area (Å²) in [5, 5.41) is 17.2. The Morgan fingerprint density at radius 1 is 1.33 bits per heavy atom. The summed E-state index contributed by atoms with van der Waals surface area (Å²) in [7, 11) is 1.59. The molecule has 0 saturated carbocycles. The number of aromatic carboxylic acids is 1. The number of carbonyl (C=O) groups is 1. The molecule has 0 aliphatic rings. The molecule has 0 unspecified atom stereocenters. The molecule has 0 aliphatic heterocycles. The van der Waals surface area contributed by atoms with E-state index in [9.17, 15) is 9.90 Å². The first kappa shape index (κ1) is 13.6. The van der Waals surface area contributed by atoms with Gasteiger partial charge in [-0.1, -0.05) is 11.3 Å². The molecule has 1 aromatic heterocycles. The average molecular weight is 348 g/mol. The first-order valence-electron chi connectivity index (χ1n) is 6.03. The second-order valence-electron chi connectivity index (χ2n) is 4.30. The molecule has 6 nitrogen and oxygen atoms in total. The smallest absolute Gasteiger partial charge is 0.338 e. The zero-order valence-corrected chi connectivity index (χ0v) is 12.5. The number of benzene rings is 2. The van der Waals surface area contributed by atoms with Gasteiger partial charge in [-0.3, -0.25) is 0 Å². The molecule has 2 aromatic carbocycles. The molecule has 0 aliphatic carbocycles. The van der Waals surface area contributed by atoms with Crippen LogP contribution in [0, 0.1) is 0 Å². The van der Waals surface area contributed by atoms with E-state index in [1.807, 2.05) is 12.1 Å². The lowest BCUT2D eigenvalue weighted by Gasteiger charge is -2.06. The van der Waals surface area contributed by atoms with E-state index in [1.54, 1.807) is 30.0 Å². The Hall–Kier alpha value is -2.41. The monoisotopic (exact) mass is 347 g/mol. The van der Waals surface area contributed by atoms with Gasteiger partial charge in [0.2, 0.25) is 0 Å². The third-order valence-corrected chi connectivity index (χ3v) is 3.71. The number of carboxylic acid groups (broad SMARTS) is 1. The molecule has 106 valence electrons. The van der Waals surface area contributed by atoms with Gasteiger partial charge in [-0.15, -0.1) is 5.10 Å². The molecular formula is C14H10BrN3O3. The SMILES string of the molecule is COc1ccc(-n2nnc3c(C(=O)O)cccc32)cc1Br. The second-order valence-corrected chi connectivity index (χ2v) is 5.15. The summed E-state index contributed by atoms with van der Waals surface area (Å²) in [5.41, 5.74) is 1.88. The normalized spacial score (nSPS) is 10.8. The molecule has 0 fully saturated rings. The van der Waals surface area contributed by atoms with Gasteiger partial charge in [0, 0.05) is 0 Å². The van der Waals surface area contributed by atoms with Gasteiger partial charge >= 0.3 is 5.97 Å². The van der Waals surface area contributed by atoms with Crippen LogP contribution in [0.1, 0.15) is 10.4 Å². The van der Waals surface area contributed by atoms with E-state index in [0.717, 1.165) is 10.2 Å². The van der Waals surface area contributed by atoms with Crippen LogP contribution in [0.5, 0.6) is 5.75 Å². The van der Waals surface area contributed by atoms with E-state index < -0.39 is 5.97 Å². The Morgan fingerprint density at radius 3 is 2.81 bits per heavy atom. The van der Waals surface area contributed by atoms with Crippen LogP contribution in [0.2, 0.25) is 0 Å². The summed E-state index contributed by atoms with van der Waals surface area (Å²) in [6.07, 6.45) is 0. The molecule has 7 heteroatoms. The van der Waals surface area contributed by atoms with E-state index in [-0.39, 0.29) is 5.56 Å². The predicted molar refractivity (Wildman–Crippen MR) is 80.1 cm³/mol. The van der Waals surface area contributed by atoms with Gasteiger partial charge in [0.05, 0.1) is 28.4 Å². The van der Waals surface area contributed by atoms with Crippen LogP contribution >= 0.6 is 15.9 Å². The number of nitrogens with zero attached hydrogens (tertiary/aromatic N) is 3. The standard InChI is InChI=1S/C14H10BrN3O3/c1-21-12-6-5-8(7-10(12)15)18-11-4-2-3-9(14(19)20)13(11)16-17-18/h2-7H,1H3,(H,19,20). The maximum atomic E-state index is 11.2. The minimum absolute atomic E-state index is 0.131. The van der Waals surface area contributed by atoms with E-state index in [0.29, 0.717) is 16.8 Å². The highest BCUT2D eigenvalue weighted by molar-refractivity contribution is 9.10. The first-order valence-corrected chi connectivity index (χ1v) is 6.82. The van der Waals surface area contributed by atoms with Crippen LogP contribution in [-0.2, 0) is 0 Å². The summed E-state index contributed by atoms with van der Waals surface area (Å²) in [6, 6.07) is 10.4. The van der Waals surface area contributed by atoms with Crippen molar-refractivity contribution >= 4 is 32.9 Å². The Labute approximate surface area is 128 Å². The third-order valence-electron chi connectivity index (χ3n) is 3.09. The number of aromatic nitrogens is 3. The Balaban J connectivity index is 2.20. The van der Waals surface area contributed by atoms with Crippen LogP contribution < -0.4 is 4.74 Å². The molecular weight excluding hydrogens is 338 g/mol. The van der Waals surface area contributed by atoms with Crippen molar-refractivity contribution < 1.29 is 14.6 Å².